The summed E-state index contributed by atoms with van der Waals surface area (Å²) in [7, 11) is 0. The number of guanidine groups is 1. The second-order valence-corrected chi connectivity index (χ2v) is 7.35. The van der Waals surface area contributed by atoms with E-state index in [1.54, 1.807) is 42.5 Å². The smallest absolute Gasteiger partial charge is 0.251 e. The molecule has 2 aromatic carbocycles. The average molecular weight is 488 g/mol. The van der Waals surface area contributed by atoms with E-state index in [0.29, 0.717) is 40.6 Å². The Morgan fingerprint density at radius 3 is 2.26 bits per heavy atom. The predicted octanol–water partition coefficient (Wildman–Crippen LogP) is 2.47. The van der Waals surface area contributed by atoms with Crippen molar-refractivity contribution in [2.24, 2.45) is 16.5 Å². The van der Waals surface area contributed by atoms with Gasteiger partial charge in [0.05, 0.1) is 15.7 Å². The van der Waals surface area contributed by atoms with E-state index in [-0.39, 0.29) is 42.4 Å². The van der Waals surface area contributed by atoms with E-state index in [2.05, 4.69) is 15.6 Å². The van der Waals surface area contributed by atoms with E-state index in [1.807, 2.05) is 0 Å². The number of aliphatic imine (C=N–C) groups is 1. The molecule has 0 saturated carbocycles. The summed E-state index contributed by atoms with van der Waals surface area (Å²) in [6.07, 6.45) is 0.856. The molecule has 0 spiro atoms. The summed E-state index contributed by atoms with van der Waals surface area (Å²) in [6, 6.07) is 11.1. The highest BCUT2D eigenvalue weighted by molar-refractivity contribution is 6.38. The number of benzene rings is 2. The zero-order valence-corrected chi connectivity index (χ0v) is 18.9. The Hall–Kier alpha value is -2.68. The van der Waals surface area contributed by atoms with Gasteiger partial charge in [-0.05, 0) is 42.7 Å². The number of carbonyl (C=O) groups is 2. The van der Waals surface area contributed by atoms with Crippen LogP contribution < -0.4 is 27.8 Å². The first-order valence-electron chi connectivity index (χ1n) is 9.20. The number of nitrogens with two attached hydrogens (primary N) is 3. The molecule has 31 heavy (non-hydrogen) atoms. The molecule has 0 bridgehead atoms. The molecule has 168 valence electrons. The van der Waals surface area contributed by atoms with Gasteiger partial charge in [-0.25, -0.2) is 0 Å². The molecule has 2 amide bonds. The van der Waals surface area contributed by atoms with Gasteiger partial charge >= 0.3 is 0 Å². The van der Waals surface area contributed by atoms with E-state index in [0.717, 1.165) is 0 Å². The molecule has 0 radical (unpaired) electrons. The van der Waals surface area contributed by atoms with Crippen LogP contribution >= 0.6 is 35.6 Å². The van der Waals surface area contributed by atoms with Crippen molar-refractivity contribution in [3.05, 3.63) is 63.6 Å². The van der Waals surface area contributed by atoms with Gasteiger partial charge in [-0.2, -0.15) is 0 Å². The molecule has 8 nitrogen and oxygen atoms in total. The van der Waals surface area contributed by atoms with Crippen molar-refractivity contribution in [1.82, 2.24) is 10.6 Å². The highest BCUT2D eigenvalue weighted by atomic mass is 35.5. The minimum atomic E-state index is -0.772. The molecule has 8 N–H and O–H groups in total. The van der Waals surface area contributed by atoms with Crippen LogP contribution in [0.25, 0.3) is 0 Å². The second kappa shape index (κ2) is 12.9. The van der Waals surface area contributed by atoms with E-state index in [1.165, 1.54) is 0 Å². The average Bonchev–Trinajstić information content (AvgIpc) is 2.72. The van der Waals surface area contributed by atoms with Crippen molar-refractivity contribution in [3.8, 4) is 0 Å². The van der Waals surface area contributed by atoms with E-state index < -0.39 is 6.04 Å². The van der Waals surface area contributed by atoms with Crippen molar-refractivity contribution in [1.29, 1.82) is 0 Å². The van der Waals surface area contributed by atoms with Crippen LogP contribution in [0.5, 0.6) is 0 Å². The summed E-state index contributed by atoms with van der Waals surface area (Å²) in [6.45, 7) is 0.515. The topological polar surface area (TPSA) is 149 Å². The lowest BCUT2D eigenvalue weighted by Crippen LogP contribution is -2.46. The maximum absolute atomic E-state index is 12.7. The SMILES string of the molecule is Cl.NC(N)=NCCC[C@@H](NC(=O)c1ccccc1)C(=O)NCc1cc(Cl)c(N)c(Cl)c1. The molecule has 2 rings (SSSR count). The lowest BCUT2D eigenvalue weighted by Gasteiger charge is -2.18. The quantitative estimate of drug-likeness (QED) is 0.159. The van der Waals surface area contributed by atoms with Crippen LogP contribution in [0, 0.1) is 0 Å². The third kappa shape index (κ3) is 8.53. The minimum absolute atomic E-state index is 0. The van der Waals surface area contributed by atoms with Gasteiger partial charge in [0.2, 0.25) is 5.91 Å². The Morgan fingerprint density at radius 2 is 1.68 bits per heavy atom. The first-order chi connectivity index (χ1) is 14.3. The molecular weight excluding hydrogens is 463 g/mol. The van der Waals surface area contributed by atoms with Crippen LogP contribution in [0.3, 0.4) is 0 Å². The number of halogens is 3. The van der Waals surface area contributed by atoms with E-state index >= 15 is 0 Å². The normalized spacial score (nSPS) is 11.0. The highest BCUT2D eigenvalue weighted by Crippen LogP contribution is 2.28. The Balaban J connectivity index is 0.00000480. The van der Waals surface area contributed by atoms with Crippen LogP contribution in [0.2, 0.25) is 10.0 Å². The minimum Gasteiger partial charge on any atom is -0.396 e. The van der Waals surface area contributed by atoms with Gasteiger partial charge < -0.3 is 27.8 Å². The van der Waals surface area contributed by atoms with E-state index in [9.17, 15) is 9.59 Å². The van der Waals surface area contributed by atoms with Crippen molar-refractivity contribution in [2.45, 2.75) is 25.4 Å². The molecule has 0 unspecified atom stereocenters. The molecule has 0 aliphatic heterocycles. The van der Waals surface area contributed by atoms with Gasteiger partial charge in [-0.15, -0.1) is 12.4 Å². The summed E-state index contributed by atoms with van der Waals surface area (Å²) in [5, 5.41) is 6.15. The number of nitrogen functional groups attached to an aromatic ring is 1. The first-order valence-corrected chi connectivity index (χ1v) is 9.96. The van der Waals surface area contributed by atoms with Crippen molar-refractivity contribution < 1.29 is 9.59 Å². The lowest BCUT2D eigenvalue weighted by atomic mass is 10.1. The number of anilines is 1. The highest BCUT2D eigenvalue weighted by Gasteiger charge is 2.21. The van der Waals surface area contributed by atoms with Gasteiger partial charge in [0.15, 0.2) is 5.96 Å². The summed E-state index contributed by atoms with van der Waals surface area (Å²) in [4.78, 5) is 29.1. The fraction of sp³-hybridized carbons (Fsp3) is 0.250. The van der Waals surface area contributed by atoms with Crippen LogP contribution in [0.4, 0.5) is 5.69 Å². The van der Waals surface area contributed by atoms with Gasteiger partial charge in [-0.1, -0.05) is 41.4 Å². The predicted molar refractivity (Wildman–Crippen MR) is 128 cm³/mol. The molecule has 2 aromatic rings. The Morgan fingerprint density at radius 1 is 1.06 bits per heavy atom. The third-order valence-electron chi connectivity index (χ3n) is 4.21. The van der Waals surface area contributed by atoms with Gasteiger partial charge in [0, 0.05) is 18.7 Å². The summed E-state index contributed by atoms with van der Waals surface area (Å²) < 4.78 is 0. The molecule has 0 aliphatic carbocycles. The number of rotatable bonds is 9. The number of nitrogens with one attached hydrogen (secondary N) is 2. The van der Waals surface area contributed by atoms with Crippen LogP contribution in [0.1, 0.15) is 28.8 Å². The number of amides is 2. The number of nitrogens with zero attached hydrogens (tertiary/aromatic N) is 1. The van der Waals surface area contributed by atoms with Crippen LogP contribution in [0.15, 0.2) is 47.5 Å². The Labute approximate surface area is 197 Å². The number of hydrogen-bond donors (Lipinski definition) is 5. The largest absolute Gasteiger partial charge is 0.396 e. The lowest BCUT2D eigenvalue weighted by molar-refractivity contribution is -0.123. The molecule has 1 atom stereocenters. The van der Waals surface area contributed by atoms with Crippen molar-refractivity contribution >= 4 is 59.1 Å². The molecule has 11 heteroatoms. The van der Waals surface area contributed by atoms with Crippen LogP contribution in [-0.2, 0) is 11.3 Å². The molecule has 0 heterocycles. The van der Waals surface area contributed by atoms with E-state index in [4.69, 9.17) is 40.4 Å². The van der Waals surface area contributed by atoms with Gasteiger partial charge in [0.1, 0.15) is 6.04 Å². The standard InChI is InChI=1S/C20H24Cl2N6O2.ClH/c21-14-9-12(10-15(22)17(14)23)11-27-19(30)16(7-4-8-26-20(24)25)28-18(29)13-5-2-1-3-6-13;/h1-3,5-6,9-10,16H,4,7-8,11,23H2,(H,27,30)(H,28,29)(H4,24,25,26);1H/t16-;/m1./s1. The monoisotopic (exact) mass is 486 g/mol. The number of carbonyl (C=O) groups excluding carboxylic acids is 2. The summed E-state index contributed by atoms with van der Waals surface area (Å²) in [5.41, 5.74) is 17.8. The molecule has 0 fully saturated rings. The fourth-order valence-corrected chi connectivity index (χ4v) is 3.19. The van der Waals surface area contributed by atoms with Crippen LogP contribution in [-0.4, -0.2) is 30.4 Å². The zero-order valence-electron chi connectivity index (χ0n) is 16.6. The maximum Gasteiger partial charge on any atom is 0.251 e. The van der Waals surface area contributed by atoms with Gasteiger partial charge in [0.25, 0.3) is 5.91 Å². The Bertz CT molecular complexity index is 897. The summed E-state index contributed by atoms with van der Waals surface area (Å²) in [5.74, 6) is -0.731. The third-order valence-corrected chi connectivity index (χ3v) is 4.83. The summed E-state index contributed by atoms with van der Waals surface area (Å²) >= 11 is 12.1. The van der Waals surface area contributed by atoms with Gasteiger partial charge in [-0.3, -0.25) is 14.6 Å². The zero-order chi connectivity index (χ0) is 22.1. The van der Waals surface area contributed by atoms with Crippen molar-refractivity contribution in [2.75, 3.05) is 12.3 Å². The molecule has 0 aliphatic rings. The first kappa shape index (κ1) is 26.4. The van der Waals surface area contributed by atoms with Crippen molar-refractivity contribution in [3.63, 3.8) is 0 Å². The fourth-order valence-electron chi connectivity index (χ4n) is 2.65. The molecular formula is C20H25Cl3N6O2. The molecule has 0 saturated heterocycles. The Kier molecular flexibility index (Phi) is 11.0. The number of hydrogen-bond acceptors (Lipinski definition) is 4. The molecule has 0 aromatic heterocycles. The second-order valence-electron chi connectivity index (χ2n) is 6.53. The maximum atomic E-state index is 12.7.